The van der Waals surface area contributed by atoms with Crippen molar-refractivity contribution in [3.8, 4) is 0 Å². The lowest BCUT2D eigenvalue weighted by atomic mass is 10.0. The maximum atomic E-state index is 12.5. The molecule has 0 saturated carbocycles. The zero-order chi connectivity index (χ0) is 44.4. The van der Waals surface area contributed by atoms with Gasteiger partial charge in [-0.1, -0.05) is 277 Å². The normalized spacial score (nSPS) is 12.5. The Bertz CT molecular complexity index is 867. The Hall–Kier alpha value is -1.14. The van der Waals surface area contributed by atoms with Crippen molar-refractivity contribution in [3.05, 3.63) is 0 Å². The highest BCUT2D eigenvalue weighted by molar-refractivity contribution is 5.76. The minimum absolute atomic E-state index is 0.00436. The molecule has 364 valence electrons. The number of rotatable bonds is 52. The van der Waals surface area contributed by atoms with Crippen molar-refractivity contribution in [2.24, 2.45) is 0 Å². The molecule has 0 aliphatic carbocycles. The maximum absolute atomic E-state index is 12.5. The topological polar surface area (TPSA) is 95.9 Å². The minimum atomic E-state index is -0.668. The molecule has 0 spiro atoms. The molecule has 0 aromatic heterocycles. The first-order valence-electron chi connectivity index (χ1n) is 27.8. The largest absolute Gasteiger partial charge is 0.466 e. The molecule has 0 aliphatic rings. The number of ether oxygens (including phenoxy) is 1. The number of carbonyl (C=O) groups excluding carboxylic acids is 2. The Labute approximate surface area is 381 Å². The SMILES string of the molecule is CCCCCCCCCCCCCCCCCC(=O)OCCCCCCCCCCCCCCCCCC(=O)NC(CO)C(O)CCCCCCCCCCCCCCCC. The lowest BCUT2D eigenvalue weighted by molar-refractivity contribution is -0.143. The fourth-order valence-electron chi connectivity index (χ4n) is 8.88. The third-order valence-corrected chi connectivity index (χ3v) is 13.2. The van der Waals surface area contributed by atoms with Crippen LogP contribution in [0.3, 0.4) is 0 Å². The van der Waals surface area contributed by atoms with E-state index in [-0.39, 0.29) is 18.5 Å². The summed E-state index contributed by atoms with van der Waals surface area (Å²) in [6.07, 6.45) is 57.9. The summed E-state index contributed by atoms with van der Waals surface area (Å²) in [6, 6.07) is -0.546. The van der Waals surface area contributed by atoms with Gasteiger partial charge in [-0.25, -0.2) is 0 Å². The molecule has 6 heteroatoms. The summed E-state index contributed by atoms with van der Waals surface area (Å²) in [6.45, 7) is 4.96. The standard InChI is InChI=1S/C55H109NO5/c1-3-5-7-9-11-13-15-17-20-25-29-33-37-41-45-49-55(60)61-50-46-42-38-34-30-26-22-19-21-24-28-32-36-40-44-48-54(59)56-52(51-57)53(58)47-43-39-35-31-27-23-18-16-14-12-10-8-6-4-2/h52-53,57-58H,3-51H2,1-2H3,(H,56,59). The van der Waals surface area contributed by atoms with Crippen LogP contribution in [0, 0.1) is 0 Å². The van der Waals surface area contributed by atoms with Crippen molar-refractivity contribution in [1.29, 1.82) is 0 Å². The van der Waals surface area contributed by atoms with Gasteiger partial charge < -0.3 is 20.3 Å². The summed E-state index contributed by atoms with van der Waals surface area (Å²) < 4.78 is 5.48. The molecule has 0 rings (SSSR count). The second-order valence-corrected chi connectivity index (χ2v) is 19.3. The molecule has 1 amide bonds. The van der Waals surface area contributed by atoms with E-state index in [4.69, 9.17) is 4.74 Å². The van der Waals surface area contributed by atoms with Gasteiger partial charge in [0, 0.05) is 12.8 Å². The van der Waals surface area contributed by atoms with Crippen molar-refractivity contribution in [3.63, 3.8) is 0 Å². The number of unbranched alkanes of at least 4 members (excludes halogenated alkanes) is 41. The second kappa shape index (κ2) is 51.5. The van der Waals surface area contributed by atoms with E-state index in [1.54, 1.807) is 0 Å². The molecule has 0 aromatic carbocycles. The highest BCUT2D eigenvalue weighted by Gasteiger charge is 2.20. The summed E-state index contributed by atoms with van der Waals surface area (Å²) in [4.78, 5) is 24.5. The first-order valence-corrected chi connectivity index (χ1v) is 27.8. The van der Waals surface area contributed by atoms with Gasteiger partial charge in [0.15, 0.2) is 0 Å². The molecule has 0 radical (unpaired) electrons. The first-order chi connectivity index (χ1) is 30.0. The highest BCUT2D eigenvalue weighted by atomic mass is 16.5. The lowest BCUT2D eigenvalue weighted by Gasteiger charge is -2.22. The summed E-state index contributed by atoms with van der Waals surface area (Å²) in [5, 5.41) is 23.2. The Morgan fingerprint density at radius 1 is 0.393 bits per heavy atom. The molecule has 2 atom stereocenters. The van der Waals surface area contributed by atoms with E-state index in [0.29, 0.717) is 25.9 Å². The van der Waals surface area contributed by atoms with Crippen LogP contribution in [0.2, 0.25) is 0 Å². The van der Waals surface area contributed by atoms with Crippen LogP contribution in [0.15, 0.2) is 0 Å². The van der Waals surface area contributed by atoms with Crippen molar-refractivity contribution in [2.75, 3.05) is 13.2 Å². The van der Waals surface area contributed by atoms with Gasteiger partial charge in [0.25, 0.3) is 0 Å². The van der Waals surface area contributed by atoms with Crippen LogP contribution in [-0.4, -0.2) is 47.4 Å². The third kappa shape index (κ3) is 48.2. The zero-order valence-corrected chi connectivity index (χ0v) is 41.4. The Kier molecular flexibility index (Phi) is 50.5. The van der Waals surface area contributed by atoms with Gasteiger partial charge in [-0.2, -0.15) is 0 Å². The van der Waals surface area contributed by atoms with Crippen LogP contribution in [0.5, 0.6) is 0 Å². The molecular weight excluding hydrogens is 755 g/mol. The number of nitrogens with one attached hydrogen (secondary N) is 1. The molecule has 61 heavy (non-hydrogen) atoms. The summed E-state index contributed by atoms with van der Waals surface area (Å²) in [5.74, 6) is -0.0369. The Morgan fingerprint density at radius 3 is 1.00 bits per heavy atom. The minimum Gasteiger partial charge on any atom is -0.466 e. The summed E-state index contributed by atoms with van der Waals surface area (Å²) >= 11 is 0. The number of carbonyl (C=O) groups is 2. The number of esters is 1. The molecule has 0 heterocycles. The predicted molar refractivity (Wildman–Crippen MR) is 264 cm³/mol. The number of amides is 1. The average molecular weight is 864 g/mol. The van der Waals surface area contributed by atoms with Crippen LogP contribution in [0.25, 0.3) is 0 Å². The third-order valence-electron chi connectivity index (χ3n) is 13.2. The van der Waals surface area contributed by atoms with Gasteiger partial charge in [0.05, 0.1) is 25.4 Å². The fraction of sp³-hybridized carbons (Fsp3) is 0.964. The average Bonchev–Trinajstić information content (AvgIpc) is 3.26. The second-order valence-electron chi connectivity index (χ2n) is 19.3. The van der Waals surface area contributed by atoms with Gasteiger partial charge >= 0.3 is 5.97 Å². The fourth-order valence-corrected chi connectivity index (χ4v) is 8.88. The van der Waals surface area contributed by atoms with E-state index >= 15 is 0 Å². The van der Waals surface area contributed by atoms with Crippen LogP contribution in [0.1, 0.15) is 316 Å². The molecular formula is C55H109NO5. The van der Waals surface area contributed by atoms with Gasteiger partial charge in [0.1, 0.15) is 0 Å². The predicted octanol–water partition coefficient (Wildman–Crippen LogP) is 16.7. The molecule has 2 unspecified atom stereocenters. The van der Waals surface area contributed by atoms with Gasteiger partial charge in [-0.3, -0.25) is 9.59 Å². The van der Waals surface area contributed by atoms with Crippen molar-refractivity contribution < 1.29 is 24.5 Å². The Morgan fingerprint density at radius 2 is 0.672 bits per heavy atom. The number of hydrogen-bond acceptors (Lipinski definition) is 5. The van der Waals surface area contributed by atoms with Gasteiger partial charge in [-0.15, -0.1) is 0 Å². The highest BCUT2D eigenvalue weighted by Crippen LogP contribution is 2.18. The molecule has 3 N–H and O–H groups in total. The van der Waals surface area contributed by atoms with E-state index < -0.39 is 12.1 Å². The quantitative estimate of drug-likeness (QED) is 0.0418. The number of hydrogen-bond donors (Lipinski definition) is 3. The first kappa shape index (κ1) is 59.9. The smallest absolute Gasteiger partial charge is 0.305 e. The van der Waals surface area contributed by atoms with Crippen LogP contribution in [-0.2, 0) is 14.3 Å². The van der Waals surface area contributed by atoms with E-state index in [2.05, 4.69) is 19.2 Å². The van der Waals surface area contributed by atoms with Crippen molar-refractivity contribution in [2.45, 2.75) is 328 Å². The van der Waals surface area contributed by atoms with Crippen molar-refractivity contribution >= 4 is 11.9 Å². The number of aliphatic hydroxyl groups excluding tert-OH is 2. The Balaban J connectivity index is 3.40. The summed E-state index contributed by atoms with van der Waals surface area (Å²) in [5.41, 5.74) is 0. The lowest BCUT2D eigenvalue weighted by Crippen LogP contribution is -2.45. The molecule has 0 saturated heterocycles. The van der Waals surface area contributed by atoms with E-state index in [1.165, 1.54) is 238 Å². The molecule has 0 bridgehead atoms. The van der Waals surface area contributed by atoms with Crippen LogP contribution >= 0.6 is 0 Å². The molecule has 6 nitrogen and oxygen atoms in total. The summed E-state index contributed by atoms with van der Waals surface area (Å²) in [7, 11) is 0. The zero-order valence-electron chi connectivity index (χ0n) is 41.4. The van der Waals surface area contributed by atoms with Gasteiger partial charge in [0.2, 0.25) is 5.91 Å². The van der Waals surface area contributed by atoms with E-state index in [1.807, 2.05) is 0 Å². The van der Waals surface area contributed by atoms with Crippen LogP contribution < -0.4 is 5.32 Å². The van der Waals surface area contributed by atoms with E-state index in [0.717, 1.165) is 44.9 Å². The monoisotopic (exact) mass is 864 g/mol. The van der Waals surface area contributed by atoms with E-state index in [9.17, 15) is 19.8 Å². The maximum Gasteiger partial charge on any atom is 0.305 e. The van der Waals surface area contributed by atoms with Gasteiger partial charge in [-0.05, 0) is 25.7 Å². The molecule has 0 aliphatic heterocycles. The number of aliphatic hydroxyl groups is 2. The van der Waals surface area contributed by atoms with Crippen molar-refractivity contribution in [1.82, 2.24) is 5.32 Å². The van der Waals surface area contributed by atoms with Crippen LogP contribution in [0.4, 0.5) is 0 Å². The molecule has 0 aromatic rings. The molecule has 0 fully saturated rings.